The molecular formula is C10H12O4S. The zero-order valence-electron chi connectivity index (χ0n) is 8.34. The molecule has 15 heavy (non-hydrogen) atoms. The summed E-state index contributed by atoms with van der Waals surface area (Å²) in [5.74, 6) is -0.268. The maximum Gasteiger partial charge on any atom is 0.308 e. The first-order chi connectivity index (χ1) is 7.29. The summed E-state index contributed by atoms with van der Waals surface area (Å²) in [6, 6.07) is 3.90. The third-order valence-electron chi connectivity index (χ3n) is 2.15. The van der Waals surface area contributed by atoms with Crippen LogP contribution < -0.4 is 0 Å². The number of hydrogen-bond acceptors (Lipinski definition) is 5. The molecule has 1 aliphatic heterocycles. The Bertz CT molecular complexity index is 322. The number of methoxy groups -OCH3 is 1. The summed E-state index contributed by atoms with van der Waals surface area (Å²) in [7, 11) is 1.37. The molecule has 2 heterocycles. The van der Waals surface area contributed by atoms with E-state index in [4.69, 9.17) is 9.47 Å². The molecule has 4 nitrogen and oxygen atoms in total. The molecule has 2 unspecified atom stereocenters. The monoisotopic (exact) mass is 228 g/mol. The lowest BCUT2D eigenvalue weighted by Gasteiger charge is -2.08. The van der Waals surface area contributed by atoms with E-state index in [9.17, 15) is 4.79 Å². The van der Waals surface area contributed by atoms with E-state index < -0.39 is 0 Å². The number of carbonyl (C=O) groups is 1. The van der Waals surface area contributed by atoms with Crippen molar-refractivity contribution >= 4 is 17.3 Å². The number of thiophene rings is 1. The van der Waals surface area contributed by atoms with Crippen LogP contribution in [0.15, 0.2) is 17.5 Å². The van der Waals surface area contributed by atoms with E-state index in [0.717, 1.165) is 4.88 Å². The number of carbonyl (C=O) groups excluding carboxylic acids is 1. The van der Waals surface area contributed by atoms with Crippen LogP contribution in [0.5, 0.6) is 0 Å². The quantitative estimate of drug-likeness (QED) is 0.739. The molecule has 1 aromatic rings. The molecule has 0 aliphatic carbocycles. The minimum Gasteiger partial charge on any atom is -0.469 e. The zero-order valence-corrected chi connectivity index (χ0v) is 9.16. The average molecular weight is 228 g/mol. The molecule has 0 radical (unpaired) electrons. The predicted molar refractivity (Wildman–Crippen MR) is 54.5 cm³/mol. The molecule has 1 aliphatic rings. The summed E-state index contributed by atoms with van der Waals surface area (Å²) in [6.07, 6.45) is -0.262. The number of ether oxygens (including phenoxy) is 3. The van der Waals surface area contributed by atoms with E-state index in [2.05, 4.69) is 4.74 Å². The van der Waals surface area contributed by atoms with Crippen LogP contribution in [0.2, 0.25) is 0 Å². The number of rotatable bonds is 3. The minimum atomic E-state index is -0.320. The summed E-state index contributed by atoms with van der Waals surface area (Å²) < 4.78 is 15.6. The molecule has 82 valence electrons. The fraction of sp³-hybridized carbons (Fsp3) is 0.500. The molecular weight excluding hydrogens is 216 g/mol. The normalized spacial score (nSPS) is 25.4. The Morgan fingerprint density at radius 3 is 3.27 bits per heavy atom. The number of esters is 1. The molecule has 0 aromatic carbocycles. The van der Waals surface area contributed by atoms with Crippen LogP contribution in [0.3, 0.4) is 0 Å². The van der Waals surface area contributed by atoms with Crippen molar-refractivity contribution in [3.63, 3.8) is 0 Å². The van der Waals surface area contributed by atoms with Gasteiger partial charge in [0.1, 0.15) is 0 Å². The van der Waals surface area contributed by atoms with Crippen molar-refractivity contribution < 1.29 is 19.0 Å². The lowest BCUT2D eigenvalue weighted by atomic mass is 10.3. The Labute approximate surface area is 91.8 Å². The van der Waals surface area contributed by atoms with Crippen molar-refractivity contribution in [3.05, 3.63) is 22.4 Å². The molecule has 0 amide bonds. The van der Waals surface area contributed by atoms with Gasteiger partial charge in [-0.2, -0.15) is 0 Å². The Morgan fingerprint density at radius 1 is 1.73 bits per heavy atom. The van der Waals surface area contributed by atoms with Gasteiger partial charge in [0.05, 0.1) is 31.1 Å². The van der Waals surface area contributed by atoms with Gasteiger partial charge >= 0.3 is 5.97 Å². The minimum absolute atomic E-state index is 0.190. The lowest BCUT2D eigenvalue weighted by Crippen LogP contribution is -2.16. The lowest BCUT2D eigenvalue weighted by molar-refractivity contribution is -0.143. The third kappa shape index (κ3) is 2.56. The third-order valence-corrected chi connectivity index (χ3v) is 3.04. The maximum atomic E-state index is 11.0. The van der Waals surface area contributed by atoms with Gasteiger partial charge in [-0.1, -0.05) is 6.07 Å². The molecule has 0 spiro atoms. The summed E-state index contributed by atoms with van der Waals surface area (Å²) in [6.45, 7) is 0.442. The Hall–Kier alpha value is -0.910. The first-order valence-electron chi connectivity index (χ1n) is 4.67. The van der Waals surface area contributed by atoms with Crippen molar-refractivity contribution in [2.75, 3.05) is 13.7 Å². The van der Waals surface area contributed by atoms with Gasteiger partial charge in [0.15, 0.2) is 6.29 Å². The highest BCUT2D eigenvalue weighted by molar-refractivity contribution is 7.10. The molecule has 0 N–H and O–H groups in total. The van der Waals surface area contributed by atoms with Gasteiger partial charge in [-0.25, -0.2) is 0 Å². The smallest absolute Gasteiger partial charge is 0.308 e. The van der Waals surface area contributed by atoms with E-state index in [1.54, 1.807) is 11.3 Å². The first-order valence-corrected chi connectivity index (χ1v) is 5.55. The van der Waals surface area contributed by atoms with Crippen molar-refractivity contribution in [1.82, 2.24) is 0 Å². The molecule has 1 saturated heterocycles. The van der Waals surface area contributed by atoms with Gasteiger partial charge in [0, 0.05) is 0 Å². The van der Waals surface area contributed by atoms with E-state index in [0.29, 0.717) is 6.61 Å². The summed E-state index contributed by atoms with van der Waals surface area (Å²) >= 11 is 1.58. The van der Waals surface area contributed by atoms with Crippen LogP contribution in [-0.2, 0) is 19.0 Å². The van der Waals surface area contributed by atoms with Crippen LogP contribution >= 0.6 is 11.3 Å². The fourth-order valence-electron chi connectivity index (χ4n) is 1.40. The van der Waals surface area contributed by atoms with Crippen LogP contribution in [0, 0.1) is 0 Å². The van der Waals surface area contributed by atoms with Crippen molar-refractivity contribution in [1.29, 1.82) is 0 Å². The Morgan fingerprint density at radius 2 is 2.60 bits per heavy atom. The highest BCUT2D eigenvalue weighted by atomic mass is 32.1. The first kappa shape index (κ1) is 10.6. The molecule has 1 aromatic heterocycles. The SMILES string of the molecule is COC(=O)CC1COC(c2cccs2)O1. The van der Waals surface area contributed by atoms with Gasteiger partial charge in [0.25, 0.3) is 0 Å². The highest BCUT2D eigenvalue weighted by Crippen LogP contribution is 2.30. The second kappa shape index (κ2) is 4.74. The van der Waals surface area contributed by atoms with Crippen LogP contribution in [0.25, 0.3) is 0 Å². The van der Waals surface area contributed by atoms with Gasteiger partial charge in [-0.3, -0.25) is 4.79 Å². The fourth-order valence-corrected chi connectivity index (χ4v) is 2.11. The molecule has 0 bridgehead atoms. The van der Waals surface area contributed by atoms with Gasteiger partial charge in [0.2, 0.25) is 0 Å². The summed E-state index contributed by atoms with van der Waals surface area (Å²) in [4.78, 5) is 12.0. The van der Waals surface area contributed by atoms with Crippen LogP contribution in [0.1, 0.15) is 17.6 Å². The molecule has 0 saturated carbocycles. The van der Waals surface area contributed by atoms with Crippen molar-refractivity contribution in [2.45, 2.75) is 18.8 Å². The summed E-state index contributed by atoms with van der Waals surface area (Å²) in [5.41, 5.74) is 0. The molecule has 5 heteroatoms. The van der Waals surface area contributed by atoms with Crippen molar-refractivity contribution in [2.24, 2.45) is 0 Å². The van der Waals surface area contributed by atoms with E-state index in [-0.39, 0.29) is 24.8 Å². The number of hydrogen-bond donors (Lipinski definition) is 0. The molecule has 2 rings (SSSR count). The van der Waals surface area contributed by atoms with E-state index >= 15 is 0 Å². The largest absolute Gasteiger partial charge is 0.469 e. The van der Waals surface area contributed by atoms with Gasteiger partial charge in [-0.05, 0) is 11.4 Å². The summed E-state index contributed by atoms with van der Waals surface area (Å²) in [5, 5.41) is 1.97. The Balaban J connectivity index is 1.87. The second-order valence-corrected chi connectivity index (χ2v) is 4.20. The second-order valence-electron chi connectivity index (χ2n) is 3.22. The van der Waals surface area contributed by atoms with Crippen molar-refractivity contribution in [3.8, 4) is 0 Å². The standard InChI is InChI=1S/C10H12O4S/c1-12-9(11)5-7-6-13-10(14-7)8-3-2-4-15-8/h2-4,7,10H,5-6H2,1H3. The maximum absolute atomic E-state index is 11.0. The highest BCUT2D eigenvalue weighted by Gasteiger charge is 2.29. The predicted octanol–water partition coefficient (Wildman–Crippen LogP) is 1.73. The van der Waals surface area contributed by atoms with Crippen LogP contribution in [-0.4, -0.2) is 25.8 Å². The molecule has 2 atom stereocenters. The average Bonchev–Trinajstić information content (AvgIpc) is 2.85. The Kier molecular flexibility index (Phi) is 3.35. The van der Waals surface area contributed by atoms with Gasteiger partial charge in [-0.15, -0.1) is 11.3 Å². The zero-order chi connectivity index (χ0) is 10.7. The van der Waals surface area contributed by atoms with E-state index in [1.807, 2.05) is 17.5 Å². The topological polar surface area (TPSA) is 44.8 Å². The van der Waals surface area contributed by atoms with Crippen LogP contribution in [0.4, 0.5) is 0 Å². The van der Waals surface area contributed by atoms with Gasteiger partial charge < -0.3 is 14.2 Å². The van der Waals surface area contributed by atoms with E-state index in [1.165, 1.54) is 7.11 Å². The molecule has 1 fully saturated rings.